The highest BCUT2D eigenvalue weighted by atomic mass is 19.4. The number of carbonyl (C=O) groups is 2. The van der Waals surface area contributed by atoms with E-state index in [4.69, 9.17) is 5.11 Å². The van der Waals surface area contributed by atoms with Crippen molar-refractivity contribution in [3.63, 3.8) is 0 Å². The maximum absolute atomic E-state index is 12.4. The summed E-state index contributed by atoms with van der Waals surface area (Å²) in [5, 5.41) is 9.51. The molecule has 1 atom stereocenters. The molecule has 1 amide bonds. The van der Waals surface area contributed by atoms with Crippen LogP contribution in [-0.2, 0) is 14.3 Å². The summed E-state index contributed by atoms with van der Waals surface area (Å²) in [7, 11) is 0.896. The summed E-state index contributed by atoms with van der Waals surface area (Å²) in [5.74, 6) is -9.82. The Hall–Kier alpha value is -1.45. The van der Waals surface area contributed by atoms with Crippen LogP contribution in [0.3, 0.4) is 0 Å². The van der Waals surface area contributed by atoms with Gasteiger partial charge in [-0.05, 0) is 0 Å². The molecule has 0 aliphatic rings. The summed E-state index contributed by atoms with van der Waals surface area (Å²) in [6.45, 7) is -1.00. The van der Waals surface area contributed by atoms with Gasteiger partial charge >= 0.3 is 18.1 Å². The van der Waals surface area contributed by atoms with Crippen molar-refractivity contribution in [2.45, 2.75) is 18.2 Å². The highest BCUT2D eigenvalue weighted by Gasteiger charge is 2.63. The molecule has 0 aromatic rings. The number of carbonyl (C=O) groups excluding carboxylic acids is 1. The van der Waals surface area contributed by atoms with Gasteiger partial charge in [-0.2, -0.15) is 22.0 Å². The second-order valence-corrected chi connectivity index (χ2v) is 2.84. The van der Waals surface area contributed by atoms with Crippen LogP contribution in [0.4, 0.5) is 22.0 Å². The highest BCUT2D eigenvalue weighted by Crippen LogP contribution is 2.35. The number of methoxy groups -OCH3 is 1. The van der Waals surface area contributed by atoms with Crippen molar-refractivity contribution < 1.29 is 41.4 Å². The summed E-state index contributed by atoms with van der Waals surface area (Å²) < 4.78 is 64.0. The van der Waals surface area contributed by atoms with E-state index in [1.807, 2.05) is 0 Å². The Bertz CT molecular complexity index is 303. The molecule has 0 aromatic heterocycles. The number of hydrogen-bond donors (Lipinski definition) is 2. The maximum Gasteiger partial charge on any atom is 0.463 e. The van der Waals surface area contributed by atoms with Gasteiger partial charge in [0.2, 0.25) is 0 Å². The molecule has 0 heterocycles. The summed E-state index contributed by atoms with van der Waals surface area (Å²) >= 11 is 0. The van der Waals surface area contributed by atoms with Crippen LogP contribution in [0.1, 0.15) is 0 Å². The minimum atomic E-state index is -6.04. The first kappa shape index (κ1) is 15.6. The number of amides is 1. The summed E-state index contributed by atoms with van der Waals surface area (Å²) in [5.41, 5.74) is 0. The van der Waals surface area contributed by atoms with Crippen LogP contribution in [0, 0.1) is 0 Å². The molecule has 0 aliphatic carbocycles. The first-order chi connectivity index (χ1) is 7.54. The third-order valence-electron chi connectivity index (χ3n) is 1.65. The smallest absolute Gasteiger partial charge is 0.463 e. The van der Waals surface area contributed by atoms with Crippen LogP contribution in [0.2, 0.25) is 0 Å². The van der Waals surface area contributed by atoms with Gasteiger partial charge in [0.05, 0.1) is 6.54 Å². The number of rotatable bonds is 5. The van der Waals surface area contributed by atoms with E-state index in [9.17, 15) is 31.5 Å². The molecular formula is C7H8F5NO4. The van der Waals surface area contributed by atoms with Gasteiger partial charge in [0.1, 0.15) is 0 Å². The first-order valence-corrected chi connectivity index (χ1v) is 4.02. The predicted molar refractivity (Wildman–Crippen MR) is 42.4 cm³/mol. The number of alkyl halides is 5. The van der Waals surface area contributed by atoms with E-state index in [-0.39, 0.29) is 0 Å². The van der Waals surface area contributed by atoms with E-state index in [0.717, 1.165) is 12.4 Å². The van der Waals surface area contributed by atoms with Gasteiger partial charge in [-0.25, -0.2) is 4.79 Å². The van der Waals surface area contributed by atoms with Crippen LogP contribution >= 0.6 is 0 Å². The van der Waals surface area contributed by atoms with Crippen molar-refractivity contribution in [2.75, 3.05) is 13.7 Å². The van der Waals surface area contributed by atoms with Crippen molar-refractivity contribution in [3.05, 3.63) is 0 Å². The topological polar surface area (TPSA) is 75.6 Å². The predicted octanol–water partition coefficient (Wildman–Crippen LogP) is 0.400. The molecule has 0 saturated heterocycles. The zero-order chi connectivity index (χ0) is 13.9. The Balaban J connectivity index is 4.52. The summed E-state index contributed by atoms with van der Waals surface area (Å²) in [6.07, 6.45) is -7.74. The van der Waals surface area contributed by atoms with Crippen LogP contribution in [-0.4, -0.2) is 48.8 Å². The van der Waals surface area contributed by atoms with E-state index < -0.39 is 36.6 Å². The van der Waals surface area contributed by atoms with Crippen molar-refractivity contribution in [1.29, 1.82) is 0 Å². The van der Waals surface area contributed by atoms with Crippen LogP contribution in [0.5, 0.6) is 0 Å². The van der Waals surface area contributed by atoms with Gasteiger partial charge < -0.3 is 15.2 Å². The lowest BCUT2D eigenvalue weighted by Crippen LogP contribution is -2.52. The van der Waals surface area contributed by atoms with E-state index >= 15 is 0 Å². The SMILES string of the molecule is COC(CNC(=O)C(F)(F)C(F)(F)F)C(=O)O. The molecule has 100 valence electrons. The molecular weight excluding hydrogens is 257 g/mol. The van der Waals surface area contributed by atoms with Crippen molar-refractivity contribution in [1.82, 2.24) is 5.32 Å². The molecule has 1 unspecified atom stereocenters. The highest BCUT2D eigenvalue weighted by molar-refractivity contribution is 5.85. The van der Waals surface area contributed by atoms with Crippen molar-refractivity contribution in [2.24, 2.45) is 0 Å². The quantitative estimate of drug-likeness (QED) is 0.705. The Kier molecular flexibility index (Phi) is 4.81. The zero-order valence-corrected chi connectivity index (χ0v) is 8.35. The summed E-state index contributed by atoms with van der Waals surface area (Å²) in [6, 6.07) is 0. The molecule has 5 nitrogen and oxygen atoms in total. The minimum absolute atomic E-state index is 0.896. The molecule has 2 N–H and O–H groups in total. The number of aliphatic carboxylic acids is 1. The third kappa shape index (κ3) is 3.80. The van der Waals surface area contributed by atoms with E-state index in [0.29, 0.717) is 0 Å². The van der Waals surface area contributed by atoms with Crippen LogP contribution < -0.4 is 5.32 Å². The second kappa shape index (κ2) is 5.25. The maximum atomic E-state index is 12.4. The van der Waals surface area contributed by atoms with Gasteiger partial charge in [-0.3, -0.25) is 4.79 Å². The van der Waals surface area contributed by atoms with Crippen molar-refractivity contribution in [3.8, 4) is 0 Å². The lowest BCUT2D eigenvalue weighted by atomic mass is 10.3. The van der Waals surface area contributed by atoms with Gasteiger partial charge in [0.15, 0.2) is 6.10 Å². The van der Waals surface area contributed by atoms with Crippen molar-refractivity contribution >= 4 is 11.9 Å². The largest absolute Gasteiger partial charge is 0.479 e. The first-order valence-electron chi connectivity index (χ1n) is 4.02. The van der Waals surface area contributed by atoms with Gasteiger partial charge in [-0.1, -0.05) is 0 Å². The number of ether oxygens (including phenoxy) is 1. The zero-order valence-electron chi connectivity index (χ0n) is 8.35. The number of hydrogen-bond acceptors (Lipinski definition) is 3. The Labute approximate surface area is 91.5 Å². The second-order valence-electron chi connectivity index (χ2n) is 2.84. The number of halogens is 5. The molecule has 17 heavy (non-hydrogen) atoms. The Morgan fingerprint density at radius 1 is 1.29 bits per heavy atom. The van der Waals surface area contributed by atoms with Gasteiger partial charge in [0, 0.05) is 7.11 Å². The van der Waals surface area contributed by atoms with E-state index in [1.54, 1.807) is 0 Å². The molecule has 0 rings (SSSR count). The third-order valence-corrected chi connectivity index (χ3v) is 1.65. The molecule has 0 aromatic carbocycles. The minimum Gasteiger partial charge on any atom is -0.479 e. The number of nitrogens with one attached hydrogen (secondary N) is 1. The molecule has 0 fully saturated rings. The molecule has 0 radical (unpaired) electrons. The fourth-order valence-corrected chi connectivity index (χ4v) is 0.697. The molecule has 0 saturated carbocycles. The lowest BCUT2D eigenvalue weighted by molar-refractivity contribution is -0.269. The standard InChI is InChI=1S/C7H8F5NO4/c1-17-3(4(14)15)2-13-5(16)6(8,9)7(10,11)12/h3H,2H2,1H3,(H,13,16)(H,14,15). The average molecular weight is 265 g/mol. The normalized spacial score (nSPS) is 14.2. The number of carboxylic acid groups (broad SMARTS) is 1. The monoisotopic (exact) mass is 265 g/mol. The molecule has 0 spiro atoms. The summed E-state index contributed by atoms with van der Waals surface area (Å²) in [4.78, 5) is 20.8. The molecule has 10 heteroatoms. The average Bonchev–Trinajstić information content (AvgIpc) is 2.15. The van der Waals surface area contributed by atoms with Crippen LogP contribution in [0.25, 0.3) is 0 Å². The molecule has 0 aliphatic heterocycles. The fraction of sp³-hybridized carbons (Fsp3) is 0.714. The van der Waals surface area contributed by atoms with Gasteiger partial charge in [-0.15, -0.1) is 0 Å². The Morgan fingerprint density at radius 3 is 2.06 bits per heavy atom. The lowest BCUT2D eigenvalue weighted by Gasteiger charge is -2.19. The van der Waals surface area contributed by atoms with Crippen LogP contribution in [0.15, 0.2) is 0 Å². The van der Waals surface area contributed by atoms with Gasteiger partial charge in [0.25, 0.3) is 5.91 Å². The number of carboxylic acids is 1. The fourth-order valence-electron chi connectivity index (χ4n) is 0.697. The Morgan fingerprint density at radius 2 is 1.76 bits per heavy atom. The molecule has 0 bridgehead atoms. The van der Waals surface area contributed by atoms with E-state index in [2.05, 4.69) is 4.74 Å². The van der Waals surface area contributed by atoms with E-state index in [1.165, 1.54) is 0 Å².